The van der Waals surface area contributed by atoms with Crippen LogP contribution in [0, 0.1) is 12.7 Å². The number of thioether (sulfide) groups is 1. The molecule has 0 aliphatic carbocycles. The third-order valence-corrected chi connectivity index (χ3v) is 6.39. The summed E-state index contributed by atoms with van der Waals surface area (Å²) < 4.78 is 16.9. The van der Waals surface area contributed by atoms with Gasteiger partial charge in [-0.2, -0.15) is 5.10 Å². The molecule has 2 heterocycles. The van der Waals surface area contributed by atoms with Gasteiger partial charge in [0.15, 0.2) is 5.16 Å². The zero-order chi connectivity index (χ0) is 23.4. The van der Waals surface area contributed by atoms with Crippen LogP contribution in [-0.4, -0.2) is 36.2 Å². The molecule has 0 saturated heterocycles. The van der Waals surface area contributed by atoms with Crippen molar-refractivity contribution in [2.45, 2.75) is 38.4 Å². The maximum absolute atomic E-state index is 13.2. The van der Waals surface area contributed by atoms with E-state index in [1.54, 1.807) is 29.3 Å². The van der Waals surface area contributed by atoms with E-state index in [1.807, 2.05) is 36.6 Å². The predicted octanol–water partition coefficient (Wildman–Crippen LogP) is 4.43. The molecule has 9 heteroatoms. The number of amides is 1. The molecular formula is C24H25FN6OS. The van der Waals surface area contributed by atoms with Gasteiger partial charge in [0.2, 0.25) is 5.91 Å². The Balaban J connectivity index is 1.41. The molecule has 1 N–H and O–H groups in total. The number of hydrogen-bond donors (Lipinski definition) is 1. The van der Waals surface area contributed by atoms with Gasteiger partial charge in [0.1, 0.15) is 12.1 Å². The fraction of sp³-hybridized carbons (Fsp3) is 0.250. The normalized spacial score (nSPS) is 12.0. The number of nitrogens with zero attached hydrogens (tertiary/aromatic N) is 5. The molecule has 0 fully saturated rings. The minimum absolute atomic E-state index is 0.111. The molecule has 2 aromatic heterocycles. The molecule has 2 aromatic carbocycles. The zero-order valence-electron chi connectivity index (χ0n) is 18.7. The Morgan fingerprint density at radius 3 is 2.70 bits per heavy atom. The van der Waals surface area contributed by atoms with Gasteiger partial charge in [-0.25, -0.2) is 9.07 Å². The lowest BCUT2D eigenvalue weighted by molar-refractivity contribution is -0.119. The number of benzene rings is 2. The SMILES string of the molecule is CCc1ccccc1-n1cnnc1SCC(=O)NC(C)c1cnn(-c2ccc(F)cc2)c1C. The number of nitrogens with one attached hydrogen (secondary N) is 1. The standard InChI is InChI=1S/C24H25FN6OS/c1-4-18-7-5-6-8-22(18)30-15-26-29-24(30)33-14-23(32)28-16(2)21-13-27-31(17(21)3)20-11-9-19(25)10-12-20/h5-13,15-16H,4,14H2,1-3H3,(H,28,32). The van der Waals surface area contributed by atoms with Crippen LogP contribution in [0.25, 0.3) is 11.4 Å². The molecule has 1 atom stereocenters. The Bertz CT molecular complexity index is 1250. The number of hydrogen-bond acceptors (Lipinski definition) is 5. The van der Waals surface area contributed by atoms with Crippen LogP contribution in [0.4, 0.5) is 4.39 Å². The molecule has 0 aliphatic heterocycles. The highest BCUT2D eigenvalue weighted by atomic mass is 32.2. The molecule has 170 valence electrons. The van der Waals surface area contributed by atoms with Crippen LogP contribution in [0.15, 0.2) is 66.2 Å². The summed E-state index contributed by atoms with van der Waals surface area (Å²) in [5.41, 5.74) is 4.76. The number of aryl methyl sites for hydroxylation is 1. The highest BCUT2D eigenvalue weighted by Gasteiger charge is 2.18. The largest absolute Gasteiger partial charge is 0.349 e. The van der Waals surface area contributed by atoms with Crippen LogP contribution in [0.5, 0.6) is 0 Å². The molecule has 4 rings (SSSR count). The summed E-state index contributed by atoms with van der Waals surface area (Å²) in [5.74, 6) is -0.196. The zero-order valence-corrected chi connectivity index (χ0v) is 19.5. The highest BCUT2D eigenvalue weighted by Crippen LogP contribution is 2.24. The number of aromatic nitrogens is 5. The fourth-order valence-electron chi connectivity index (χ4n) is 3.71. The van der Waals surface area contributed by atoms with Crippen molar-refractivity contribution in [1.82, 2.24) is 29.9 Å². The number of carbonyl (C=O) groups excluding carboxylic acids is 1. The minimum atomic E-state index is -0.295. The third-order valence-electron chi connectivity index (χ3n) is 5.44. The molecule has 1 amide bonds. The average Bonchev–Trinajstić information content (AvgIpc) is 3.44. The smallest absolute Gasteiger partial charge is 0.230 e. The Labute approximate surface area is 196 Å². The maximum Gasteiger partial charge on any atom is 0.230 e. The van der Waals surface area contributed by atoms with Gasteiger partial charge in [-0.05, 0) is 56.2 Å². The van der Waals surface area contributed by atoms with Crippen molar-refractivity contribution in [3.8, 4) is 11.4 Å². The Morgan fingerprint density at radius 1 is 1.18 bits per heavy atom. The van der Waals surface area contributed by atoms with Gasteiger partial charge in [-0.3, -0.25) is 9.36 Å². The van der Waals surface area contributed by atoms with Gasteiger partial charge in [-0.15, -0.1) is 10.2 Å². The summed E-state index contributed by atoms with van der Waals surface area (Å²) in [7, 11) is 0. The van der Waals surface area contributed by atoms with Crippen LogP contribution >= 0.6 is 11.8 Å². The second-order valence-corrected chi connectivity index (χ2v) is 8.56. The van der Waals surface area contributed by atoms with Gasteiger partial charge in [0.25, 0.3) is 0 Å². The summed E-state index contributed by atoms with van der Waals surface area (Å²) in [5, 5.41) is 16.3. The molecule has 0 saturated carbocycles. The molecule has 4 aromatic rings. The molecule has 0 radical (unpaired) electrons. The lowest BCUT2D eigenvalue weighted by atomic mass is 10.1. The van der Waals surface area contributed by atoms with E-state index in [4.69, 9.17) is 0 Å². The molecule has 7 nitrogen and oxygen atoms in total. The molecule has 1 unspecified atom stereocenters. The van der Waals surface area contributed by atoms with Crippen molar-refractivity contribution in [1.29, 1.82) is 0 Å². The molecular weight excluding hydrogens is 439 g/mol. The van der Waals surface area contributed by atoms with Gasteiger partial charge in [0.05, 0.1) is 29.4 Å². The third kappa shape index (κ3) is 4.98. The van der Waals surface area contributed by atoms with Crippen molar-refractivity contribution >= 4 is 17.7 Å². The topological polar surface area (TPSA) is 77.6 Å². The summed E-state index contributed by atoms with van der Waals surface area (Å²) in [6, 6.07) is 14.0. The summed E-state index contributed by atoms with van der Waals surface area (Å²) in [4.78, 5) is 12.7. The number of carbonyl (C=O) groups is 1. The molecule has 0 aliphatic rings. The number of para-hydroxylation sites is 1. The van der Waals surface area contributed by atoms with E-state index in [0.29, 0.717) is 5.16 Å². The first-order valence-corrected chi connectivity index (χ1v) is 11.7. The van der Waals surface area contributed by atoms with Crippen LogP contribution in [-0.2, 0) is 11.2 Å². The Kier molecular flexibility index (Phi) is 6.88. The van der Waals surface area contributed by atoms with Crippen molar-refractivity contribution in [2.24, 2.45) is 0 Å². The van der Waals surface area contributed by atoms with Crippen LogP contribution < -0.4 is 5.32 Å². The summed E-state index contributed by atoms with van der Waals surface area (Å²) >= 11 is 1.34. The summed E-state index contributed by atoms with van der Waals surface area (Å²) in [6.07, 6.45) is 4.29. The van der Waals surface area contributed by atoms with E-state index < -0.39 is 0 Å². The Morgan fingerprint density at radius 2 is 1.94 bits per heavy atom. The number of halogens is 1. The lowest BCUT2D eigenvalue weighted by Crippen LogP contribution is -2.28. The van der Waals surface area contributed by atoms with E-state index in [2.05, 4.69) is 33.6 Å². The van der Waals surface area contributed by atoms with Gasteiger partial charge in [-0.1, -0.05) is 36.9 Å². The first kappa shape index (κ1) is 22.7. The summed E-state index contributed by atoms with van der Waals surface area (Å²) in [6.45, 7) is 5.95. The minimum Gasteiger partial charge on any atom is -0.349 e. The van der Waals surface area contributed by atoms with E-state index in [-0.39, 0.29) is 23.5 Å². The van der Waals surface area contributed by atoms with E-state index in [0.717, 1.165) is 29.1 Å². The number of rotatable bonds is 8. The van der Waals surface area contributed by atoms with Gasteiger partial charge < -0.3 is 5.32 Å². The second kappa shape index (κ2) is 9.99. The molecule has 0 bridgehead atoms. The predicted molar refractivity (Wildman–Crippen MR) is 126 cm³/mol. The monoisotopic (exact) mass is 464 g/mol. The van der Waals surface area contributed by atoms with Crippen molar-refractivity contribution < 1.29 is 9.18 Å². The quantitative estimate of drug-likeness (QED) is 0.390. The van der Waals surface area contributed by atoms with Gasteiger partial charge >= 0.3 is 0 Å². The van der Waals surface area contributed by atoms with Crippen molar-refractivity contribution in [3.63, 3.8) is 0 Å². The Hall–Kier alpha value is -3.46. The lowest BCUT2D eigenvalue weighted by Gasteiger charge is -2.14. The maximum atomic E-state index is 13.2. The van der Waals surface area contributed by atoms with Crippen molar-refractivity contribution in [2.75, 3.05) is 5.75 Å². The van der Waals surface area contributed by atoms with Gasteiger partial charge in [0, 0.05) is 11.3 Å². The van der Waals surface area contributed by atoms with Crippen molar-refractivity contribution in [3.05, 3.63) is 83.7 Å². The molecule has 33 heavy (non-hydrogen) atoms. The fourth-order valence-corrected chi connectivity index (χ4v) is 4.45. The van der Waals surface area contributed by atoms with E-state index in [9.17, 15) is 9.18 Å². The molecule has 0 spiro atoms. The van der Waals surface area contributed by atoms with Crippen LogP contribution in [0.2, 0.25) is 0 Å². The average molecular weight is 465 g/mol. The highest BCUT2D eigenvalue weighted by molar-refractivity contribution is 7.99. The van der Waals surface area contributed by atoms with E-state index >= 15 is 0 Å². The first-order valence-electron chi connectivity index (χ1n) is 10.7. The van der Waals surface area contributed by atoms with Crippen LogP contribution in [0.3, 0.4) is 0 Å². The first-order chi connectivity index (χ1) is 16.0. The van der Waals surface area contributed by atoms with Crippen LogP contribution in [0.1, 0.15) is 36.7 Å². The van der Waals surface area contributed by atoms with E-state index in [1.165, 1.54) is 29.5 Å². The second-order valence-electron chi connectivity index (χ2n) is 7.62.